The summed E-state index contributed by atoms with van der Waals surface area (Å²) in [4.78, 5) is 15.0. The first-order valence-corrected chi connectivity index (χ1v) is 9.19. The summed E-state index contributed by atoms with van der Waals surface area (Å²) in [5.74, 6) is 1.36. The zero-order valence-corrected chi connectivity index (χ0v) is 17.1. The highest BCUT2D eigenvalue weighted by Gasteiger charge is 2.08. The van der Waals surface area contributed by atoms with Crippen molar-refractivity contribution in [3.05, 3.63) is 73.7 Å². The number of hydrazone groups is 1. The molecule has 3 rings (SSSR count). The minimum atomic E-state index is -0.558. The summed E-state index contributed by atoms with van der Waals surface area (Å²) >= 11 is 12.1. The van der Waals surface area contributed by atoms with Crippen molar-refractivity contribution < 1.29 is 9.47 Å². The van der Waals surface area contributed by atoms with Crippen LogP contribution in [0.2, 0.25) is 10.0 Å². The van der Waals surface area contributed by atoms with E-state index >= 15 is 0 Å². The number of methoxy groups -OCH3 is 1. The van der Waals surface area contributed by atoms with Crippen LogP contribution in [-0.4, -0.2) is 28.5 Å². The van der Waals surface area contributed by atoms with Crippen LogP contribution in [-0.2, 0) is 6.61 Å². The molecule has 0 saturated heterocycles. The van der Waals surface area contributed by atoms with Crippen molar-refractivity contribution >= 4 is 35.2 Å². The van der Waals surface area contributed by atoms with Gasteiger partial charge in [-0.2, -0.15) is 15.2 Å². The summed E-state index contributed by atoms with van der Waals surface area (Å²) in [6, 6.07) is 10.6. The molecule has 10 heteroatoms. The molecule has 0 atom stereocenters. The SMILES string of the molecule is COc1cc(/C=N/Nc2nc(=O)[nH]nc2C)ccc1OCc1ccc(Cl)cc1Cl. The van der Waals surface area contributed by atoms with Crippen LogP contribution in [0.25, 0.3) is 0 Å². The Morgan fingerprint density at radius 2 is 2.03 bits per heavy atom. The van der Waals surface area contributed by atoms with Crippen LogP contribution in [0.15, 0.2) is 46.3 Å². The number of aromatic nitrogens is 3. The first kappa shape index (κ1) is 20.6. The quantitative estimate of drug-likeness (QED) is 0.433. The number of nitrogens with one attached hydrogen (secondary N) is 2. The number of nitrogens with zero attached hydrogens (tertiary/aromatic N) is 3. The van der Waals surface area contributed by atoms with Gasteiger partial charge in [0.1, 0.15) is 12.3 Å². The van der Waals surface area contributed by atoms with Crippen LogP contribution in [0, 0.1) is 6.92 Å². The van der Waals surface area contributed by atoms with Crippen molar-refractivity contribution in [1.29, 1.82) is 0 Å². The third-order valence-corrected chi connectivity index (χ3v) is 4.43. The van der Waals surface area contributed by atoms with Crippen LogP contribution in [0.3, 0.4) is 0 Å². The molecule has 1 aromatic heterocycles. The molecule has 0 aliphatic heterocycles. The molecule has 150 valence electrons. The normalized spacial score (nSPS) is 10.9. The van der Waals surface area contributed by atoms with E-state index in [0.717, 1.165) is 11.1 Å². The number of aromatic amines is 1. The molecule has 8 nitrogen and oxygen atoms in total. The van der Waals surface area contributed by atoms with Gasteiger partial charge in [0.25, 0.3) is 0 Å². The van der Waals surface area contributed by atoms with E-state index in [1.807, 2.05) is 12.1 Å². The molecule has 0 spiro atoms. The Morgan fingerprint density at radius 3 is 2.79 bits per heavy atom. The topological polar surface area (TPSA) is 101 Å². The van der Waals surface area contributed by atoms with Crippen LogP contribution in [0.4, 0.5) is 5.82 Å². The molecular formula is C19H17Cl2N5O3. The summed E-state index contributed by atoms with van der Waals surface area (Å²) in [5.41, 5.74) is 4.21. The van der Waals surface area contributed by atoms with E-state index in [2.05, 4.69) is 25.7 Å². The van der Waals surface area contributed by atoms with Gasteiger partial charge >= 0.3 is 5.69 Å². The zero-order chi connectivity index (χ0) is 20.8. The molecular weight excluding hydrogens is 417 g/mol. The number of ether oxygens (including phenoxy) is 2. The second-order valence-corrected chi connectivity index (χ2v) is 6.72. The van der Waals surface area contributed by atoms with E-state index in [1.54, 1.807) is 44.5 Å². The van der Waals surface area contributed by atoms with Gasteiger partial charge in [0, 0.05) is 15.6 Å². The number of aryl methyl sites for hydroxylation is 1. The number of hydrogen-bond acceptors (Lipinski definition) is 7. The maximum atomic E-state index is 11.2. The Hall–Kier alpha value is -3.10. The fourth-order valence-electron chi connectivity index (χ4n) is 2.34. The van der Waals surface area contributed by atoms with E-state index in [9.17, 15) is 4.79 Å². The van der Waals surface area contributed by atoms with E-state index in [-0.39, 0.29) is 12.4 Å². The van der Waals surface area contributed by atoms with Crippen molar-refractivity contribution in [2.45, 2.75) is 13.5 Å². The van der Waals surface area contributed by atoms with Gasteiger partial charge in [0.15, 0.2) is 17.3 Å². The molecule has 0 amide bonds. The predicted octanol–water partition coefficient (Wildman–Crippen LogP) is 3.81. The van der Waals surface area contributed by atoms with Crippen LogP contribution < -0.4 is 20.6 Å². The first-order chi connectivity index (χ1) is 14.0. The lowest BCUT2D eigenvalue weighted by molar-refractivity contribution is 0.284. The number of hydrogen-bond donors (Lipinski definition) is 2. The average molecular weight is 434 g/mol. The predicted molar refractivity (Wildman–Crippen MR) is 112 cm³/mol. The summed E-state index contributed by atoms with van der Waals surface area (Å²) < 4.78 is 11.2. The van der Waals surface area contributed by atoms with Crippen molar-refractivity contribution in [3.63, 3.8) is 0 Å². The smallest absolute Gasteiger partial charge is 0.363 e. The molecule has 0 aliphatic carbocycles. The van der Waals surface area contributed by atoms with E-state index in [4.69, 9.17) is 32.7 Å². The molecule has 0 fully saturated rings. The summed E-state index contributed by atoms with van der Waals surface area (Å²) in [7, 11) is 1.55. The largest absolute Gasteiger partial charge is 0.493 e. The number of halogens is 2. The highest BCUT2D eigenvalue weighted by atomic mass is 35.5. The lowest BCUT2D eigenvalue weighted by atomic mass is 10.2. The van der Waals surface area contributed by atoms with Crippen molar-refractivity contribution in [3.8, 4) is 11.5 Å². The van der Waals surface area contributed by atoms with Crippen molar-refractivity contribution in [2.75, 3.05) is 12.5 Å². The Bertz CT molecular complexity index is 1100. The Labute approximate surface area is 176 Å². The summed E-state index contributed by atoms with van der Waals surface area (Å²) in [6.45, 7) is 1.96. The van der Waals surface area contributed by atoms with Gasteiger partial charge in [-0.25, -0.2) is 9.89 Å². The molecule has 0 bridgehead atoms. The third-order valence-electron chi connectivity index (χ3n) is 3.85. The van der Waals surface area contributed by atoms with Gasteiger partial charge in [0.05, 0.1) is 13.3 Å². The minimum Gasteiger partial charge on any atom is -0.493 e. The van der Waals surface area contributed by atoms with Crippen molar-refractivity contribution in [2.24, 2.45) is 5.10 Å². The maximum Gasteiger partial charge on any atom is 0.363 e. The van der Waals surface area contributed by atoms with Gasteiger partial charge in [-0.05, 0) is 42.8 Å². The molecule has 0 radical (unpaired) electrons. The highest BCUT2D eigenvalue weighted by molar-refractivity contribution is 6.35. The Balaban J connectivity index is 1.69. The van der Waals surface area contributed by atoms with Gasteiger partial charge in [0.2, 0.25) is 0 Å². The van der Waals surface area contributed by atoms with E-state index in [0.29, 0.717) is 27.2 Å². The molecule has 0 aliphatic rings. The van der Waals surface area contributed by atoms with Crippen LogP contribution >= 0.6 is 23.2 Å². The number of anilines is 1. The second-order valence-electron chi connectivity index (χ2n) is 5.88. The standard InChI is InChI=1S/C19H17Cl2N5O3/c1-11-18(23-19(27)26-24-11)25-22-9-12-3-6-16(17(7-12)28-2)29-10-13-4-5-14(20)8-15(13)21/h3-9H,10H2,1-2H3,(H2,23,25,26,27)/b22-9+. The lowest BCUT2D eigenvalue weighted by Gasteiger charge is -2.12. The molecule has 1 heterocycles. The minimum absolute atomic E-state index is 0.266. The highest BCUT2D eigenvalue weighted by Crippen LogP contribution is 2.29. The second kappa shape index (κ2) is 9.40. The molecule has 2 aromatic carbocycles. The van der Waals surface area contributed by atoms with Gasteiger partial charge in [-0.3, -0.25) is 5.43 Å². The van der Waals surface area contributed by atoms with Crippen LogP contribution in [0.1, 0.15) is 16.8 Å². The van der Waals surface area contributed by atoms with Crippen molar-refractivity contribution in [1.82, 2.24) is 15.2 Å². The first-order valence-electron chi connectivity index (χ1n) is 8.43. The Kier molecular flexibility index (Phi) is 6.69. The molecule has 0 unspecified atom stereocenters. The summed E-state index contributed by atoms with van der Waals surface area (Å²) in [6.07, 6.45) is 1.56. The fraction of sp³-hybridized carbons (Fsp3) is 0.158. The zero-order valence-electron chi connectivity index (χ0n) is 15.6. The molecule has 3 aromatic rings. The number of rotatable bonds is 7. The monoisotopic (exact) mass is 433 g/mol. The number of H-pyrrole nitrogens is 1. The lowest BCUT2D eigenvalue weighted by Crippen LogP contribution is -2.15. The maximum absolute atomic E-state index is 11.2. The summed E-state index contributed by atoms with van der Waals surface area (Å²) in [5, 5.41) is 11.2. The average Bonchev–Trinajstić information content (AvgIpc) is 2.70. The van der Waals surface area contributed by atoms with Crippen LogP contribution in [0.5, 0.6) is 11.5 Å². The van der Waals surface area contributed by atoms with Gasteiger partial charge in [-0.15, -0.1) is 0 Å². The number of benzene rings is 2. The fourth-order valence-corrected chi connectivity index (χ4v) is 2.81. The van der Waals surface area contributed by atoms with E-state index < -0.39 is 5.69 Å². The molecule has 29 heavy (non-hydrogen) atoms. The molecule has 2 N–H and O–H groups in total. The van der Waals surface area contributed by atoms with Gasteiger partial charge < -0.3 is 9.47 Å². The van der Waals surface area contributed by atoms with Gasteiger partial charge in [-0.1, -0.05) is 29.3 Å². The third kappa shape index (κ3) is 5.46. The van der Waals surface area contributed by atoms with E-state index in [1.165, 1.54) is 0 Å². The molecule has 0 saturated carbocycles. The Morgan fingerprint density at radius 1 is 1.21 bits per heavy atom.